The van der Waals surface area contributed by atoms with Crippen LogP contribution in [0.2, 0.25) is 0 Å². The molecule has 0 spiro atoms. The number of rotatable bonds is 6. The van der Waals surface area contributed by atoms with Crippen molar-refractivity contribution in [3.05, 3.63) is 11.7 Å². The molecule has 21 heavy (non-hydrogen) atoms. The van der Waals surface area contributed by atoms with Crippen molar-refractivity contribution < 1.29 is 14.1 Å². The van der Waals surface area contributed by atoms with E-state index in [1.54, 1.807) is 0 Å². The van der Waals surface area contributed by atoms with Gasteiger partial charge in [-0.05, 0) is 19.3 Å². The number of aromatic nitrogens is 2. The lowest BCUT2D eigenvalue weighted by Gasteiger charge is -2.32. The molecule has 1 saturated heterocycles. The van der Waals surface area contributed by atoms with Crippen LogP contribution in [0.1, 0.15) is 43.8 Å². The summed E-state index contributed by atoms with van der Waals surface area (Å²) in [5.41, 5.74) is 0. The zero-order chi connectivity index (χ0) is 14.7. The van der Waals surface area contributed by atoms with E-state index >= 15 is 0 Å². The van der Waals surface area contributed by atoms with Gasteiger partial charge in [-0.15, -0.1) is 0 Å². The van der Waals surface area contributed by atoms with Crippen molar-refractivity contribution in [2.75, 3.05) is 26.3 Å². The van der Waals surface area contributed by atoms with E-state index in [9.17, 15) is 4.79 Å². The standard InChI is InChI=1S/C14H22N4O3/c1-2-11(18-5-7-20-8-6-18)14(19)15-9-12-16-13(17-21-12)10-3-4-10/h10-11H,2-9H2,1H3,(H,15,19). The first-order valence-electron chi connectivity index (χ1n) is 7.70. The molecule has 1 aliphatic carbocycles. The Labute approximate surface area is 124 Å². The molecule has 3 rings (SSSR count). The molecule has 7 heteroatoms. The lowest BCUT2D eigenvalue weighted by molar-refractivity contribution is -0.128. The average molecular weight is 294 g/mol. The molecule has 7 nitrogen and oxygen atoms in total. The van der Waals surface area contributed by atoms with Gasteiger partial charge in [0.2, 0.25) is 11.8 Å². The molecular weight excluding hydrogens is 272 g/mol. The maximum absolute atomic E-state index is 12.3. The summed E-state index contributed by atoms with van der Waals surface area (Å²) in [6.45, 7) is 5.32. The van der Waals surface area contributed by atoms with Gasteiger partial charge < -0.3 is 14.6 Å². The highest BCUT2D eigenvalue weighted by atomic mass is 16.5. The molecule has 1 aromatic heterocycles. The Morgan fingerprint density at radius 2 is 2.19 bits per heavy atom. The van der Waals surface area contributed by atoms with Crippen LogP contribution < -0.4 is 5.32 Å². The predicted octanol–water partition coefficient (Wildman–Crippen LogP) is 0.674. The average Bonchev–Trinajstić information content (AvgIpc) is 3.26. The summed E-state index contributed by atoms with van der Waals surface area (Å²) in [6.07, 6.45) is 3.06. The molecule has 2 fully saturated rings. The van der Waals surface area contributed by atoms with Crippen molar-refractivity contribution in [3.63, 3.8) is 0 Å². The van der Waals surface area contributed by atoms with Gasteiger partial charge >= 0.3 is 0 Å². The maximum Gasteiger partial charge on any atom is 0.246 e. The lowest BCUT2D eigenvalue weighted by atomic mass is 10.1. The van der Waals surface area contributed by atoms with Gasteiger partial charge in [0, 0.05) is 19.0 Å². The van der Waals surface area contributed by atoms with Crippen LogP contribution in [0.4, 0.5) is 0 Å². The van der Waals surface area contributed by atoms with Gasteiger partial charge in [-0.25, -0.2) is 0 Å². The first-order valence-corrected chi connectivity index (χ1v) is 7.70. The van der Waals surface area contributed by atoms with Crippen molar-refractivity contribution in [3.8, 4) is 0 Å². The molecular formula is C14H22N4O3. The van der Waals surface area contributed by atoms with Gasteiger partial charge in [0.25, 0.3) is 0 Å². The highest BCUT2D eigenvalue weighted by Gasteiger charge is 2.29. The fourth-order valence-electron chi connectivity index (χ4n) is 2.63. The number of carbonyl (C=O) groups is 1. The molecule has 0 radical (unpaired) electrons. The molecule has 0 bridgehead atoms. The summed E-state index contributed by atoms with van der Waals surface area (Å²) in [5, 5.41) is 6.85. The van der Waals surface area contributed by atoms with Crippen LogP contribution >= 0.6 is 0 Å². The van der Waals surface area contributed by atoms with Crippen LogP contribution in [-0.4, -0.2) is 53.3 Å². The van der Waals surface area contributed by atoms with Gasteiger partial charge in [-0.1, -0.05) is 12.1 Å². The molecule has 2 heterocycles. The number of hydrogen-bond acceptors (Lipinski definition) is 6. The number of nitrogens with zero attached hydrogens (tertiary/aromatic N) is 3. The Morgan fingerprint density at radius 3 is 2.86 bits per heavy atom. The number of amides is 1. The van der Waals surface area contributed by atoms with Crippen LogP contribution in [0.15, 0.2) is 4.52 Å². The summed E-state index contributed by atoms with van der Waals surface area (Å²) in [7, 11) is 0. The van der Waals surface area contributed by atoms with Gasteiger partial charge in [0.1, 0.15) is 0 Å². The quantitative estimate of drug-likeness (QED) is 0.831. The Hall–Kier alpha value is -1.47. The van der Waals surface area contributed by atoms with Gasteiger partial charge in [0.15, 0.2) is 5.82 Å². The normalized spacial score (nSPS) is 21.2. The fraction of sp³-hybridized carbons (Fsp3) is 0.786. The molecule has 1 atom stereocenters. The Kier molecular flexibility index (Phi) is 4.50. The molecule has 1 saturated carbocycles. The zero-order valence-corrected chi connectivity index (χ0v) is 12.4. The number of morpholine rings is 1. The van der Waals surface area contributed by atoms with Crippen LogP contribution in [0.3, 0.4) is 0 Å². The monoisotopic (exact) mass is 294 g/mol. The fourth-order valence-corrected chi connectivity index (χ4v) is 2.63. The van der Waals surface area contributed by atoms with Crippen molar-refractivity contribution in [2.24, 2.45) is 0 Å². The predicted molar refractivity (Wildman–Crippen MR) is 74.6 cm³/mol. The third-order valence-electron chi connectivity index (χ3n) is 4.02. The van der Waals surface area contributed by atoms with E-state index in [4.69, 9.17) is 9.26 Å². The van der Waals surface area contributed by atoms with Crippen molar-refractivity contribution in [1.82, 2.24) is 20.4 Å². The summed E-state index contributed by atoms with van der Waals surface area (Å²) in [5.74, 6) is 1.75. The molecule has 0 aromatic carbocycles. The van der Waals surface area contributed by atoms with E-state index in [-0.39, 0.29) is 11.9 Å². The van der Waals surface area contributed by atoms with Crippen LogP contribution in [0.5, 0.6) is 0 Å². The van der Waals surface area contributed by atoms with E-state index < -0.39 is 0 Å². The smallest absolute Gasteiger partial charge is 0.246 e. The molecule has 1 amide bonds. The minimum atomic E-state index is -0.111. The van der Waals surface area contributed by atoms with Gasteiger partial charge in [0.05, 0.1) is 25.8 Å². The third kappa shape index (κ3) is 3.59. The number of ether oxygens (including phenoxy) is 1. The molecule has 1 aromatic rings. The van der Waals surface area contributed by atoms with E-state index in [0.717, 1.165) is 38.2 Å². The molecule has 1 unspecified atom stereocenters. The lowest BCUT2D eigenvalue weighted by Crippen LogP contribution is -2.50. The molecule has 116 valence electrons. The molecule has 1 aliphatic heterocycles. The van der Waals surface area contributed by atoms with Crippen molar-refractivity contribution in [2.45, 2.75) is 44.7 Å². The highest BCUT2D eigenvalue weighted by Crippen LogP contribution is 2.38. The number of hydrogen-bond donors (Lipinski definition) is 1. The maximum atomic E-state index is 12.3. The second-order valence-electron chi connectivity index (χ2n) is 5.61. The topological polar surface area (TPSA) is 80.5 Å². The number of carbonyl (C=O) groups excluding carboxylic acids is 1. The largest absolute Gasteiger partial charge is 0.379 e. The van der Waals surface area contributed by atoms with Crippen molar-refractivity contribution >= 4 is 5.91 Å². The van der Waals surface area contributed by atoms with Crippen molar-refractivity contribution in [1.29, 1.82) is 0 Å². The van der Waals surface area contributed by atoms with E-state index in [1.165, 1.54) is 0 Å². The van der Waals surface area contributed by atoms with Crippen LogP contribution in [0.25, 0.3) is 0 Å². The van der Waals surface area contributed by atoms with Gasteiger partial charge in [-0.3, -0.25) is 9.69 Å². The first-order chi connectivity index (χ1) is 10.3. The Morgan fingerprint density at radius 1 is 1.43 bits per heavy atom. The Bertz CT molecular complexity index is 480. The second kappa shape index (κ2) is 6.53. The summed E-state index contributed by atoms with van der Waals surface area (Å²) >= 11 is 0. The second-order valence-corrected chi connectivity index (χ2v) is 5.61. The summed E-state index contributed by atoms with van der Waals surface area (Å²) < 4.78 is 10.5. The third-order valence-corrected chi connectivity index (χ3v) is 4.02. The molecule has 2 aliphatic rings. The molecule has 1 N–H and O–H groups in total. The van der Waals surface area contributed by atoms with E-state index in [0.29, 0.717) is 31.6 Å². The van der Waals surface area contributed by atoms with Gasteiger partial charge in [-0.2, -0.15) is 4.98 Å². The SMILES string of the molecule is CCC(C(=O)NCc1nc(C2CC2)no1)N1CCOCC1. The van der Waals surface area contributed by atoms with Crippen LogP contribution in [-0.2, 0) is 16.1 Å². The van der Waals surface area contributed by atoms with Crippen LogP contribution in [0, 0.1) is 0 Å². The zero-order valence-electron chi connectivity index (χ0n) is 12.4. The minimum Gasteiger partial charge on any atom is -0.379 e. The van der Waals surface area contributed by atoms with E-state index in [2.05, 4.69) is 20.4 Å². The Balaban J connectivity index is 1.51. The highest BCUT2D eigenvalue weighted by molar-refractivity contribution is 5.81. The summed E-state index contributed by atoms with van der Waals surface area (Å²) in [4.78, 5) is 18.8. The summed E-state index contributed by atoms with van der Waals surface area (Å²) in [6, 6.07) is -0.111. The number of nitrogens with one attached hydrogen (secondary N) is 1. The first kappa shape index (κ1) is 14.5. The minimum absolute atomic E-state index is 0.0190. The van der Waals surface area contributed by atoms with E-state index in [1.807, 2.05) is 6.92 Å².